The lowest BCUT2D eigenvalue weighted by molar-refractivity contribution is -0.119. The quantitative estimate of drug-likeness (QED) is 0.208. The molecule has 0 aliphatic carbocycles. The molecule has 8 nitrogen and oxygen atoms in total. The van der Waals surface area contributed by atoms with Gasteiger partial charge in [-0.1, -0.05) is 29.4 Å². The molecule has 130 valence electrons. The summed E-state index contributed by atoms with van der Waals surface area (Å²) in [7, 11) is 0. The molecule has 0 atom stereocenters. The van der Waals surface area contributed by atoms with Gasteiger partial charge < -0.3 is 14.8 Å². The highest BCUT2D eigenvalue weighted by Crippen LogP contribution is 2.14. The molecule has 0 bridgehead atoms. The number of azide groups is 1. The minimum absolute atomic E-state index is 0.0256. The summed E-state index contributed by atoms with van der Waals surface area (Å²) in [5.41, 5.74) is 9.39. The van der Waals surface area contributed by atoms with Gasteiger partial charge in [0.1, 0.15) is 0 Å². The van der Waals surface area contributed by atoms with E-state index < -0.39 is 0 Å². The Morgan fingerprint density at radius 2 is 1.79 bits per heavy atom. The van der Waals surface area contributed by atoms with Crippen LogP contribution in [0.3, 0.4) is 0 Å². The number of Topliss-reactive ketones (excluding diaryl/α,β-unsaturated/α-hetero) is 1. The van der Waals surface area contributed by atoms with Crippen molar-refractivity contribution < 1.29 is 19.1 Å². The molecule has 1 amide bonds. The van der Waals surface area contributed by atoms with Crippen LogP contribution in [0.5, 0.6) is 0 Å². The Morgan fingerprint density at radius 3 is 2.42 bits per heavy atom. The first-order valence-electron chi connectivity index (χ1n) is 7.72. The summed E-state index contributed by atoms with van der Waals surface area (Å²) in [4.78, 5) is 25.3. The van der Waals surface area contributed by atoms with Crippen LogP contribution in [0.15, 0.2) is 29.4 Å². The van der Waals surface area contributed by atoms with Gasteiger partial charge in [0.15, 0.2) is 5.78 Å². The van der Waals surface area contributed by atoms with Gasteiger partial charge in [-0.15, -0.1) is 0 Å². The van der Waals surface area contributed by atoms with Crippen LogP contribution >= 0.6 is 0 Å². The smallest absolute Gasteiger partial charge is 0.216 e. The SMILES string of the molecule is CC(=O)NCCOCCOCCCC(=O)c1ccc(N=[N+]=[N-])cc1. The number of carbonyl (C=O) groups excluding carboxylic acids is 2. The van der Waals surface area contributed by atoms with E-state index in [2.05, 4.69) is 15.3 Å². The van der Waals surface area contributed by atoms with Crippen molar-refractivity contribution in [3.05, 3.63) is 40.3 Å². The maximum absolute atomic E-state index is 12.0. The lowest BCUT2D eigenvalue weighted by atomic mass is 10.1. The molecule has 1 N–H and O–H groups in total. The first-order chi connectivity index (χ1) is 11.6. The number of benzene rings is 1. The molecule has 0 heterocycles. The van der Waals surface area contributed by atoms with Crippen LogP contribution in [0.4, 0.5) is 5.69 Å². The van der Waals surface area contributed by atoms with Gasteiger partial charge in [0.05, 0.1) is 19.8 Å². The van der Waals surface area contributed by atoms with E-state index in [1.54, 1.807) is 24.3 Å². The molecule has 0 saturated carbocycles. The van der Waals surface area contributed by atoms with E-state index in [1.165, 1.54) is 6.92 Å². The van der Waals surface area contributed by atoms with Crippen molar-refractivity contribution in [3.8, 4) is 0 Å². The van der Waals surface area contributed by atoms with Gasteiger partial charge in [0.2, 0.25) is 5.91 Å². The molecule has 0 aromatic heterocycles. The normalized spacial score (nSPS) is 10.0. The van der Waals surface area contributed by atoms with E-state index in [-0.39, 0.29) is 11.7 Å². The molecule has 1 aromatic rings. The van der Waals surface area contributed by atoms with Crippen molar-refractivity contribution in [2.24, 2.45) is 5.11 Å². The maximum atomic E-state index is 12.0. The summed E-state index contributed by atoms with van der Waals surface area (Å²) in [6.07, 6.45) is 1.02. The maximum Gasteiger partial charge on any atom is 0.216 e. The molecule has 8 heteroatoms. The summed E-state index contributed by atoms with van der Waals surface area (Å²) in [6.45, 7) is 3.79. The summed E-state index contributed by atoms with van der Waals surface area (Å²) in [5.74, 6) is -0.0513. The molecule has 0 fully saturated rings. The third-order valence-electron chi connectivity index (χ3n) is 3.03. The Balaban J connectivity index is 2.05. The Hall–Kier alpha value is -2.41. The number of ketones is 1. The zero-order chi connectivity index (χ0) is 17.6. The standard InChI is InChI=1S/C16H22N4O4/c1-13(21)18-8-10-24-12-11-23-9-2-3-16(22)14-4-6-15(7-5-14)19-20-17/h4-7H,2-3,8-12H2,1H3,(H,18,21). The highest BCUT2D eigenvalue weighted by atomic mass is 16.5. The van der Waals surface area contributed by atoms with Crippen molar-refractivity contribution in [2.45, 2.75) is 19.8 Å². The van der Waals surface area contributed by atoms with Crippen LogP contribution < -0.4 is 5.32 Å². The number of rotatable bonds is 12. The Labute approximate surface area is 140 Å². The average molecular weight is 334 g/mol. The van der Waals surface area contributed by atoms with Crippen molar-refractivity contribution in [2.75, 3.05) is 33.0 Å². The second-order valence-corrected chi connectivity index (χ2v) is 4.97. The lowest BCUT2D eigenvalue weighted by Gasteiger charge is -2.06. The fourth-order valence-electron chi connectivity index (χ4n) is 1.87. The van der Waals surface area contributed by atoms with Crippen molar-refractivity contribution >= 4 is 17.4 Å². The fourth-order valence-corrected chi connectivity index (χ4v) is 1.87. The molecular weight excluding hydrogens is 312 g/mol. The highest BCUT2D eigenvalue weighted by Gasteiger charge is 2.05. The van der Waals surface area contributed by atoms with Gasteiger partial charge in [-0.25, -0.2) is 0 Å². The zero-order valence-electron chi connectivity index (χ0n) is 13.7. The molecule has 0 aliphatic rings. The van der Waals surface area contributed by atoms with Crippen LogP contribution in [0.1, 0.15) is 30.1 Å². The molecule has 24 heavy (non-hydrogen) atoms. The number of amides is 1. The van der Waals surface area contributed by atoms with Crippen molar-refractivity contribution in [3.63, 3.8) is 0 Å². The van der Waals surface area contributed by atoms with Crippen molar-refractivity contribution in [1.29, 1.82) is 0 Å². The first kappa shape index (κ1) is 19.6. The second-order valence-electron chi connectivity index (χ2n) is 4.97. The summed E-state index contributed by atoms with van der Waals surface area (Å²) < 4.78 is 10.6. The summed E-state index contributed by atoms with van der Waals surface area (Å²) >= 11 is 0. The molecule has 1 rings (SSSR count). The largest absolute Gasteiger partial charge is 0.379 e. The number of nitrogens with zero attached hydrogens (tertiary/aromatic N) is 3. The molecule has 0 radical (unpaired) electrons. The van der Waals surface area contributed by atoms with Gasteiger partial charge in [0, 0.05) is 42.7 Å². The number of hydrogen-bond acceptors (Lipinski definition) is 5. The van der Waals surface area contributed by atoms with E-state index in [0.29, 0.717) is 57.1 Å². The predicted molar refractivity (Wildman–Crippen MR) is 89.1 cm³/mol. The summed E-state index contributed by atoms with van der Waals surface area (Å²) in [5, 5.41) is 6.08. The third-order valence-corrected chi connectivity index (χ3v) is 3.03. The van der Waals surface area contributed by atoms with E-state index in [1.807, 2.05) is 0 Å². The van der Waals surface area contributed by atoms with E-state index in [4.69, 9.17) is 15.0 Å². The van der Waals surface area contributed by atoms with Crippen molar-refractivity contribution in [1.82, 2.24) is 5.32 Å². The first-order valence-corrected chi connectivity index (χ1v) is 7.72. The zero-order valence-corrected chi connectivity index (χ0v) is 13.7. The topological polar surface area (TPSA) is 113 Å². The Bertz CT molecular complexity index is 568. The number of hydrogen-bond donors (Lipinski definition) is 1. The predicted octanol–water partition coefficient (Wildman–Crippen LogP) is 2.76. The van der Waals surface area contributed by atoms with Gasteiger partial charge in [0.25, 0.3) is 0 Å². The second kappa shape index (κ2) is 12.1. The van der Waals surface area contributed by atoms with E-state index in [0.717, 1.165) is 0 Å². The molecule has 1 aromatic carbocycles. The highest BCUT2D eigenvalue weighted by molar-refractivity contribution is 5.96. The average Bonchev–Trinajstić information content (AvgIpc) is 2.57. The molecular formula is C16H22N4O4. The molecule has 0 spiro atoms. The van der Waals surface area contributed by atoms with Crippen LogP contribution in [-0.2, 0) is 14.3 Å². The Morgan fingerprint density at radius 1 is 1.12 bits per heavy atom. The Kier molecular flexibility index (Phi) is 9.87. The van der Waals surface area contributed by atoms with Crippen LogP contribution in [0.2, 0.25) is 0 Å². The van der Waals surface area contributed by atoms with Crippen LogP contribution in [0.25, 0.3) is 10.4 Å². The molecule has 0 unspecified atom stereocenters. The third kappa shape index (κ3) is 8.89. The van der Waals surface area contributed by atoms with Crippen LogP contribution in [0, 0.1) is 0 Å². The number of nitrogens with one attached hydrogen (secondary N) is 1. The minimum atomic E-state index is -0.0769. The monoisotopic (exact) mass is 334 g/mol. The van der Waals surface area contributed by atoms with Gasteiger partial charge in [-0.05, 0) is 12.0 Å². The molecule has 0 aliphatic heterocycles. The summed E-state index contributed by atoms with van der Waals surface area (Å²) in [6, 6.07) is 6.52. The fraction of sp³-hybridized carbons (Fsp3) is 0.500. The number of ether oxygens (including phenoxy) is 2. The van der Waals surface area contributed by atoms with Crippen LogP contribution in [-0.4, -0.2) is 44.7 Å². The van der Waals surface area contributed by atoms with Gasteiger partial charge in [-0.3, -0.25) is 9.59 Å². The molecule has 0 saturated heterocycles. The minimum Gasteiger partial charge on any atom is -0.379 e. The lowest BCUT2D eigenvalue weighted by Crippen LogP contribution is -2.24. The van der Waals surface area contributed by atoms with E-state index in [9.17, 15) is 9.59 Å². The van der Waals surface area contributed by atoms with E-state index >= 15 is 0 Å². The number of carbonyl (C=O) groups is 2. The van der Waals surface area contributed by atoms with Gasteiger partial charge in [-0.2, -0.15) is 0 Å². The van der Waals surface area contributed by atoms with Gasteiger partial charge >= 0.3 is 0 Å².